The minimum absolute atomic E-state index is 0.154. The smallest absolute Gasteiger partial charge is 0.300 e. The molecule has 1 atom stereocenters. The number of aliphatic carboxylic acids is 1. The fourth-order valence-electron chi connectivity index (χ4n) is 1.60. The molecule has 0 radical (unpaired) electrons. The topological polar surface area (TPSA) is 83.2 Å². The van der Waals surface area contributed by atoms with Crippen LogP contribution in [0.3, 0.4) is 0 Å². The molecule has 0 spiro atoms. The van der Waals surface area contributed by atoms with Crippen molar-refractivity contribution in [3.8, 4) is 11.8 Å². The van der Waals surface area contributed by atoms with Crippen molar-refractivity contribution in [3.63, 3.8) is 0 Å². The molecule has 94 valence electrons. The van der Waals surface area contributed by atoms with Crippen LogP contribution in [-0.4, -0.2) is 29.9 Å². The Bertz CT molecular complexity index is 490. The molecule has 1 aromatic heterocycles. The minimum Gasteiger partial charge on any atom is -0.481 e. The lowest BCUT2D eigenvalue weighted by molar-refractivity contribution is -0.136. The van der Waals surface area contributed by atoms with Crippen LogP contribution < -0.4 is 4.74 Å². The van der Waals surface area contributed by atoms with Crippen LogP contribution in [0, 0.1) is 11.2 Å². The number of nitriles is 1. The number of nitrogens with zero attached hydrogens (tertiary/aromatic N) is 2. The van der Waals surface area contributed by atoms with Gasteiger partial charge in [-0.15, -0.1) is 0 Å². The van der Waals surface area contributed by atoms with E-state index in [1.165, 1.54) is 13.3 Å². The van der Waals surface area contributed by atoms with Gasteiger partial charge in [0.1, 0.15) is 0 Å². The fraction of sp³-hybridized carbons (Fsp3) is 0.364. The average molecular weight is 266 g/mol. The average Bonchev–Trinajstić information content (AvgIpc) is 2.34. The lowest BCUT2D eigenvalue weighted by atomic mass is 9.43. The van der Waals surface area contributed by atoms with Crippen molar-refractivity contribution in [2.75, 3.05) is 7.11 Å². The van der Waals surface area contributed by atoms with Crippen molar-refractivity contribution in [1.82, 2.24) is 4.98 Å². The summed E-state index contributed by atoms with van der Waals surface area (Å²) in [5.41, 5.74) is 0.583. The van der Waals surface area contributed by atoms with E-state index in [1.807, 2.05) is 5.97 Å². The maximum Gasteiger partial charge on any atom is 0.300 e. The van der Waals surface area contributed by atoms with Gasteiger partial charge in [-0.05, 0) is 12.5 Å². The Morgan fingerprint density at radius 3 is 2.94 bits per heavy atom. The highest BCUT2D eigenvalue weighted by atomic mass is 35.5. The molecule has 1 aromatic rings. The normalized spacial score (nSPS) is 11.4. The number of hydrogen-bond donors (Lipinski definition) is 1. The largest absolute Gasteiger partial charge is 0.481 e. The lowest BCUT2D eigenvalue weighted by Crippen LogP contribution is -2.25. The second-order valence-electron chi connectivity index (χ2n) is 3.89. The molecule has 0 saturated carbocycles. The molecule has 18 heavy (non-hydrogen) atoms. The van der Waals surface area contributed by atoms with Crippen LogP contribution in [0.2, 0.25) is 17.7 Å². The van der Waals surface area contributed by atoms with Crippen LogP contribution in [-0.2, 0) is 11.2 Å². The molecular weight excluding hydrogens is 254 g/mol. The first-order valence-corrected chi connectivity index (χ1v) is 5.68. The van der Waals surface area contributed by atoms with E-state index in [0.29, 0.717) is 16.5 Å². The van der Waals surface area contributed by atoms with E-state index >= 15 is 0 Å². The maximum atomic E-state index is 11.1. The molecule has 5 nitrogen and oxygen atoms in total. The Hall–Kier alpha value is -1.74. The Morgan fingerprint density at radius 1 is 1.78 bits per heavy atom. The van der Waals surface area contributed by atoms with Crippen LogP contribution in [0.1, 0.15) is 5.56 Å². The summed E-state index contributed by atoms with van der Waals surface area (Å²) in [6.07, 6.45) is 1.58. The van der Waals surface area contributed by atoms with Gasteiger partial charge in [0, 0.05) is 17.7 Å². The first kappa shape index (κ1) is 14.3. The molecule has 0 bridgehead atoms. The zero-order valence-corrected chi connectivity index (χ0v) is 10.8. The van der Waals surface area contributed by atoms with E-state index < -0.39 is 18.5 Å². The highest BCUT2D eigenvalue weighted by molar-refractivity contribution is 6.70. The van der Waals surface area contributed by atoms with Crippen LogP contribution in [0.4, 0.5) is 0 Å². The maximum absolute atomic E-state index is 11.1. The summed E-state index contributed by atoms with van der Waals surface area (Å²) < 4.78 is 5.05. The van der Waals surface area contributed by atoms with Gasteiger partial charge in [-0.25, -0.2) is 10.2 Å². The van der Waals surface area contributed by atoms with E-state index in [1.54, 1.807) is 12.9 Å². The SMILES string of the molecule is COc1ncc(Cl)cc1CC(B(C)C#N)C(=O)O. The van der Waals surface area contributed by atoms with Crippen molar-refractivity contribution >= 4 is 24.3 Å². The van der Waals surface area contributed by atoms with Gasteiger partial charge in [0.15, 0.2) is 0 Å². The van der Waals surface area contributed by atoms with Gasteiger partial charge in [0.05, 0.1) is 17.9 Å². The van der Waals surface area contributed by atoms with Gasteiger partial charge in [-0.3, -0.25) is 4.79 Å². The molecule has 0 aliphatic carbocycles. The van der Waals surface area contributed by atoms with E-state index in [4.69, 9.17) is 26.7 Å². The molecule has 0 aliphatic heterocycles. The van der Waals surface area contributed by atoms with Crippen LogP contribution >= 0.6 is 11.6 Å². The first-order chi connectivity index (χ1) is 8.49. The van der Waals surface area contributed by atoms with E-state index in [-0.39, 0.29) is 6.42 Å². The Kier molecular flexibility index (Phi) is 4.99. The number of hydrogen-bond acceptors (Lipinski definition) is 4. The molecule has 1 heterocycles. The van der Waals surface area contributed by atoms with Crippen LogP contribution in [0.25, 0.3) is 0 Å². The number of halogens is 1. The molecule has 1 N–H and O–H groups in total. The quantitative estimate of drug-likeness (QED) is 0.823. The van der Waals surface area contributed by atoms with E-state index in [9.17, 15) is 4.79 Å². The monoisotopic (exact) mass is 266 g/mol. The third kappa shape index (κ3) is 3.38. The summed E-state index contributed by atoms with van der Waals surface area (Å²) in [5, 5.41) is 18.4. The van der Waals surface area contributed by atoms with E-state index in [2.05, 4.69) is 4.98 Å². The second kappa shape index (κ2) is 6.27. The summed E-state index contributed by atoms with van der Waals surface area (Å²) in [6, 6.07) is 1.60. The summed E-state index contributed by atoms with van der Waals surface area (Å²) in [4.78, 5) is 15.1. The molecule has 0 aromatic carbocycles. The third-order valence-corrected chi connectivity index (χ3v) is 2.86. The fourth-order valence-corrected chi connectivity index (χ4v) is 1.78. The number of carboxylic acid groups (broad SMARTS) is 1. The molecule has 7 heteroatoms. The number of methoxy groups -OCH3 is 1. The highest BCUT2D eigenvalue weighted by Gasteiger charge is 2.29. The summed E-state index contributed by atoms with van der Waals surface area (Å²) in [7, 11) is 1.45. The molecule has 1 rings (SSSR count). The molecular formula is C11H12BClN2O3. The number of aromatic nitrogens is 1. The summed E-state index contributed by atoms with van der Waals surface area (Å²) in [5.74, 6) is 0.435. The van der Waals surface area contributed by atoms with Gasteiger partial charge in [0.25, 0.3) is 6.71 Å². The summed E-state index contributed by atoms with van der Waals surface area (Å²) in [6.45, 7) is 0.967. The molecule has 0 aliphatic rings. The summed E-state index contributed by atoms with van der Waals surface area (Å²) >= 11 is 5.82. The lowest BCUT2D eigenvalue weighted by Gasteiger charge is -2.14. The zero-order valence-electron chi connectivity index (χ0n) is 10.1. The number of pyridine rings is 1. The van der Waals surface area contributed by atoms with Crippen molar-refractivity contribution in [3.05, 3.63) is 22.8 Å². The van der Waals surface area contributed by atoms with Crippen LogP contribution in [0.15, 0.2) is 12.3 Å². The predicted octanol–water partition coefficient (Wildman–Crippen LogP) is 1.93. The molecule has 0 amide bonds. The zero-order chi connectivity index (χ0) is 13.7. The van der Waals surface area contributed by atoms with Crippen molar-refractivity contribution in [2.24, 2.45) is 0 Å². The van der Waals surface area contributed by atoms with Crippen molar-refractivity contribution < 1.29 is 14.6 Å². The number of carboxylic acids is 1. The Labute approximate surface area is 110 Å². The number of rotatable bonds is 5. The molecule has 1 unspecified atom stereocenters. The van der Waals surface area contributed by atoms with Gasteiger partial charge >= 0.3 is 5.97 Å². The third-order valence-electron chi connectivity index (χ3n) is 2.65. The van der Waals surface area contributed by atoms with E-state index in [0.717, 1.165) is 0 Å². The standard InChI is InChI=1S/C11H12BClN2O3/c1-12(6-14)9(11(16)17)4-7-3-8(13)5-15-10(7)18-2/h3,5,9H,4H2,1-2H3,(H,16,17). The number of ether oxygens (including phenoxy) is 1. The predicted molar refractivity (Wildman–Crippen MR) is 68.1 cm³/mol. The second-order valence-corrected chi connectivity index (χ2v) is 4.33. The van der Waals surface area contributed by atoms with Gasteiger partial charge in [-0.1, -0.05) is 18.4 Å². The Balaban J connectivity index is 3.04. The van der Waals surface area contributed by atoms with Gasteiger partial charge in [0.2, 0.25) is 5.88 Å². The highest BCUT2D eigenvalue weighted by Crippen LogP contribution is 2.26. The molecule has 0 saturated heterocycles. The minimum atomic E-state index is -1.02. The molecule has 0 fully saturated rings. The van der Waals surface area contributed by atoms with Crippen LogP contribution in [0.5, 0.6) is 5.88 Å². The van der Waals surface area contributed by atoms with Crippen molar-refractivity contribution in [1.29, 1.82) is 5.26 Å². The first-order valence-electron chi connectivity index (χ1n) is 5.30. The Morgan fingerprint density at radius 2 is 2.44 bits per heavy atom. The van der Waals surface area contributed by atoms with Gasteiger partial charge in [-0.2, -0.15) is 0 Å². The van der Waals surface area contributed by atoms with Crippen molar-refractivity contribution in [2.45, 2.75) is 19.1 Å². The number of carbonyl (C=O) groups is 1. The van der Waals surface area contributed by atoms with Gasteiger partial charge < -0.3 is 9.84 Å².